The van der Waals surface area contributed by atoms with Crippen LogP contribution in [-0.4, -0.2) is 18.1 Å². The fraction of sp³-hybridized carbons (Fsp3) is 0.700. The Bertz CT molecular complexity index is 247. The van der Waals surface area contributed by atoms with Crippen molar-refractivity contribution >= 4 is 16.5 Å². The number of nitrogens with two attached hydrogens (primary N) is 1. The molecule has 0 atom stereocenters. The van der Waals surface area contributed by atoms with Gasteiger partial charge in [-0.2, -0.15) is 0 Å². The van der Waals surface area contributed by atoms with Crippen molar-refractivity contribution in [2.75, 3.05) is 18.4 Å². The molecule has 0 aliphatic rings. The summed E-state index contributed by atoms with van der Waals surface area (Å²) in [5, 5.41) is 6.43. The number of nitrogens with one attached hydrogen (secondary N) is 1. The maximum Gasteiger partial charge on any atom is 0.182 e. The van der Waals surface area contributed by atoms with Crippen LogP contribution in [0.15, 0.2) is 5.38 Å². The largest absolute Gasteiger partial charge is 0.362 e. The number of nitrogens with zero attached hydrogens (tertiary/aromatic N) is 1. The summed E-state index contributed by atoms with van der Waals surface area (Å²) in [6.07, 6.45) is 4.86. The first-order valence-corrected chi connectivity index (χ1v) is 6.07. The molecule has 0 saturated carbocycles. The third kappa shape index (κ3) is 4.58. The van der Waals surface area contributed by atoms with Crippen molar-refractivity contribution < 1.29 is 0 Å². The molecule has 0 aliphatic heterocycles. The summed E-state index contributed by atoms with van der Waals surface area (Å²) in [6.45, 7) is 3.86. The molecule has 1 heterocycles. The second kappa shape index (κ2) is 6.79. The van der Waals surface area contributed by atoms with Crippen LogP contribution in [0.3, 0.4) is 0 Å². The van der Waals surface area contributed by atoms with Gasteiger partial charge in [-0.1, -0.05) is 12.8 Å². The van der Waals surface area contributed by atoms with Crippen LogP contribution in [-0.2, 0) is 0 Å². The van der Waals surface area contributed by atoms with Gasteiger partial charge in [-0.25, -0.2) is 4.98 Å². The Morgan fingerprint density at radius 2 is 2.14 bits per heavy atom. The highest BCUT2D eigenvalue weighted by molar-refractivity contribution is 7.13. The first-order valence-electron chi connectivity index (χ1n) is 5.19. The van der Waals surface area contributed by atoms with E-state index in [1.165, 1.54) is 19.3 Å². The molecule has 0 saturated heterocycles. The molecule has 1 rings (SSSR count). The summed E-state index contributed by atoms with van der Waals surface area (Å²) in [5.74, 6) is 0. The zero-order chi connectivity index (χ0) is 10.2. The van der Waals surface area contributed by atoms with E-state index in [1.807, 2.05) is 6.92 Å². The molecule has 4 heteroatoms. The maximum absolute atomic E-state index is 5.41. The standard InChI is InChI=1S/C10H19N3S/c1-9-8-14-10(13-9)12-7-5-3-2-4-6-11/h8H,2-7,11H2,1H3,(H,12,13). The van der Waals surface area contributed by atoms with Crippen molar-refractivity contribution in [1.29, 1.82) is 0 Å². The minimum Gasteiger partial charge on any atom is -0.362 e. The van der Waals surface area contributed by atoms with Gasteiger partial charge in [0.2, 0.25) is 0 Å². The van der Waals surface area contributed by atoms with Gasteiger partial charge in [-0.3, -0.25) is 0 Å². The SMILES string of the molecule is Cc1csc(NCCCCCCN)n1. The fourth-order valence-corrected chi connectivity index (χ4v) is 1.97. The molecule has 0 aliphatic carbocycles. The first kappa shape index (κ1) is 11.5. The van der Waals surface area contributed by atoms with Crippen LogP contribution < -0.4 is 11.1 Å². The molecule has 80 valence electrons. The number of hydrogen-bond acceptors (Lipinski definition) is 4. The molecule has 1 aromatic rings. The molecule has 0 bridgehead atoms. The average Bonchev–Trinajstić information content (AvgIpc) is 2.58. The average molecular weight is 213 g/mol. The first-order chi connectivity index (χ1) is 6.83. The highest BCUT2D eigenvalue weighted by Crippen LogP contribution is 2.14. The van der Waals surface area contributed by atoms with Gasteiger partial charge in [0.05, 0.1) is 5.69 Å². The van der Waals surface area contributed by atoms with Crippen molar-refractivity contribution in [1.82, 2.24) is 4.98 Å². The quantitative estimate of drug-likeness (QED) is 0.684. The van der Waals surface area contributed by atoms with Crippen LogP contribution >= 0.6 is 11.3 Å². The molecular formula is C10H19N3S. The highest BCUT2D eigenvalue weighted by Gasteiger charge is 1.96. The van der Waals surface area contributed by atoms with Crippen molar-refractivity contribution in [3.05, 3.63) is 11.1 Å². The number of aromatic nitrogens is 1. The topological polar surface area (TPSA) is 50.9 Å². The number of rotatable bonds is 7. The van der Waals surface area contributed by atoms with Crippen LogP contribution in [0.25, 0.3) is 0 Å². The summed E-state index contributed by atoms with van der Waals surface area (Å²) >= 11 is 1.68. The molecule has 1 aromatic heterocycles. The van der Waals surface area contributed by atoms with Crippen molar-refractivity contribution in [3.8, 4) is 0 Å². The molecule has 0 aromatic carbocycles. The minimum atomic E-state index is 0.819. The Morgan fingerprint density at radius 1 is 1.36 bits per heavy atom. The Labute approximate surface area is 89.7 Å². The second-order valence-electron chi connectivity index (χ2n) is 3.42. The van der Waals surface area contributed by atoms with E-state index in [9.17, 15) is 0 Å². The predicted molar refractivity (Wildman–Crippen MR) is 62.9 cm³/mol. The highest BCUT2D eigenvalue weighted by atomic mass is 32.1. The predicted octanol–water partition coefficient (Wildman–Crippen LogP) is 2.38. The molecular weight excluding hydrogens is 194 g/mol. The smallest absolute Gasteiger partial charge is 0.182 e. The maximum atomic E-state index is 5.41. The van der Waals surface area contributed by atoms with Crippen molar-refractivity contribution in [2.45, 2.75) is 32.6 Å². The molecule has 0 amide bonds. The molecule has 14 heavy (non-hydrogen) atoms. The van der Waals surface area contributed by atoms with Gasteiger partial charge in [0.25, 0.3) is 0 Å². The summed E-state index contributed by atoms with van der Waals surface area (Å²) < 4.78 is 0. The number of thiazole rings is 1. The van der Waals surface area contributed by atoms with Gasteiger partial charge in [0, 0.05) is 11.9 Å². The number of unbranched alkanes of at least 4 members (excludes halogenated alkanes) is 3. The van der Waals surface area contributed by atoms with Crippen LogP contribution in [0.4, 0.5) is 5.13 Å². The monoisotopic (exact) mass is 213 g/mol. The van der Waals surface area contributed by atoms with Crippen LogP contribution in [0, 0.1) is 6.92 Å². The van der Waals surface area contributed by atoms with Crippen LogP contribution in [0.2, 0.25) is 0 Å². The van der Waals surface area contributed by atoms with Crippen molar-refractivity contribution in [2.24, 2.45) is 5.73 Å². The van der Waals surface area contributed by atoms with Gasteiger partial charge in [-0.15, -0.1) is 11.3 Å². The van der Waals surface area contributed by atoms with Gasteiger partial charge >= 0.3 is 0 Å². The molecule has 0 unspecified atom stereocenters. The lowest BCUT2D eigenvalue weighted by atomic mass is 10.2. The van der Waals surface area contributed by atoms with Crippen LogP contribution in [0.1, 0.15) is 31.4 Å². The normalized spacial score (nSPS) is 10.4. The summed E-state index contributed by atoms with van der Waals surface area (Å²) in [7, 11) is 0. The number of hydrogen-bond donors (Lipinski definition) is 2. The Morgan fingerprint density at radius 3 is 2.79 bits per heavy atom. The minimum absolute atomic E-state index is 0.819. The molecule has 0 radical (unpaired) electrons. The van der Waals surface area contributed by atoms with Gasteiger partial charge < -0.3 is 11.1 Å². The lowest BCUT2D eigenvalue weighted by Crippen LogP contribution is -2.02. The Balaban J connectivity index is 1.99. The van der Waals surface area contributed by atoms with E-state index in [2.05, 4.69) is 15.7 Å². The van der Waals surface area contributed by atoms with Crippen LogP contribution in [0.5, 0.6) is 0 Å². The zero-order valence-electron chi connectivity index (χ0n) is 8.75. The van der Waals surface area contributed by atoms with E-state index in [1.54, 1.807) is 11.3 Å². The Kier molecular flexibility index (Phi) is 5.56. The van der Waals surface area contributed by atoms with Crippen molar-refractivity contribution in [3.63, 3.8) is 0 Å². The van der Waals surface area contributed by atoms with E-state index in [4.69, 9.17) is 5.73 Å². The summed E-state index contributed by atoms with van der Waals surface area (Å²) in [6, 6.07) is 0. The van der Waals surface area contributed by atoms with E-state index >= 15 is 0 Å². The van der Waals surface area contributed by atoms with Gasteiger partial charge in [-0.05, 0) is 26.3 Å². The third-order valence-electron chi connectivity index (χ3n) is 2.03. The van der Waals surface area contributed by atoms with E-state index in [0.717, 1.165) is 30.3 Å². The van der Waals surface area contributed by atoms with E-state index < -0.39 is 0 Å². The molecule has 3 N–H and O–H groups in total. The Hall–Kier alpha value is -0.610. The lowest BCUT2D eigenvalue weighted by Gasteiger charge is -2.01. The molecule has 0 spiro atoms. The number of aryl methyl sites for hydroxylation is 1. The second-order valence-corrected chi connectivity index (χ2v) is 4.28. The summed E-state index contributed by atoms with van der Waals surface area (Å²) in [5.41, 5.74) is 6.51. The molecule has 0 fully saturated rings. The fourth-order valence-electron chi connectivity index (χ4n) is 1.25. The third-order valence-corrected chi connectivity index (χ3v) is 2.94. The van der Waals surface area contributed by atoms with E-state index in [0.29, 0.717) is 0 Å². The summed E-state index contributed by atoms with van der Waals surface area (Å²) in [4.78, 5) is 4.33. The number of anilines is 1. The van der Waals surface area contributed by atoms with Gasteiger partial charge in [0.1, 0.15) is 0 Å². The van der Waals surface area contributed by atoms with E-state index in [-0.39, 0.29) is 0 Å². The zero-order valence-corrected chi connectivity index (χ0v) is 9.57. The lowest BCUT2D eigenvalue weighted by molar-refractivity contribution is 0.661. The molecule has 3 nitrogen and oxygen atoms in total. The van der Waals surface area contributed by atoms with Gasteiger partial charge in [0.15, 0.2) is 5.13 Å².